The molecule has 116 valence electrons. The van der Waals surface area contributed by atoms with Crippen molar-refractivity contribution < 1.29 is 9.53 Å². The fourth-order valence-electron chi connectivity index (χ4n) is 3.14. The largest absolute Gasteiger partial charge is 0.376 e. The van der Waals surface area contributed by atoms with E-state index < -0.39 is 5.54 Å². The molecule has 2 rings (SSSR count). The highest BCUT2D eigenvalue weighted by atomic mass is 16.5. The molecule has 1 N–H and O–H groups in total. The topological polar surface area (TPSA) is 44.8 Å². The lowest BCUT2D eigenvalue weighted by atomic mass is 9.99. The van der Waals surface area contributed by atoms with E-state index in [1.807, 2.05) is 4.90 Å². The summed E-state index contributed by atoms with van der Waals surface area (Å²) >= 11 is 0. The number of piperazine rings is 1. The Balaban J connectivity index is 1.97. The van der Waals surface area contributed by atoms with Crippen molar-refractivity contribution in [2.45, 2.75) is 45.3 Å². The summed E-state index contributed by atoms with van der Waals surface area (Å²) in [6.07, 6.45) is 2.44. The van der Waals surface area contributed by atoms with Gasteiger partial charge in [-0.3, -0.25) is 9.69 Å². The second-order valence-electron chi connectivity index (χ2n) is 6.27. The summed E-state index contributed by atoms with van der Waals surface area (Å²) in [5, 5.41) is 3.34. The number of hydrogen-bond acceptors (Lipinski definition) is 4. The quantitative estimate of drug-likeness (QED) is 0.807. The van der Waals surface area contributed by atoms with Crippen LogP contribution in [-0.4, -0.2) is 73.2 Å². The van der Waals surface area contributed by atoms with Gasteiger partial charge in [0.15, 0.2) is 0 Å². The van der Waals surface area contributed by atoms with Crippen molar-refractivity contribution in [3.8, 4) is 0 Å². The van der Waals surface area contributed by atoms with Gasteiger partial charge in [-0.1, -0.05) is 0 Å². The molecule has 0 spiro atoms. The first-order chi connectivity index (χ1) is 9.55. The number of amides is 1. The van der Waals surface area contributed by atoms with Gasteiger partial charge < -0.3 is 15.0 Å². The minimum absolute atomic E-state index is 0.234. The van der Waals surface area contributed by atoms with E-state index in [9.17, 15) is 4.79 Å². The van der Waals surface area contributed by atoms with E-state index in [1.54, 1.807) is 0 Å². The van der Waals surface area contributed by atoms with Crippen molar-refractivity contribution in [2.75, 3.05) is 45.9 Å². The van der Waals surface area contributed by atoms with Gasteiger partial charge in [0.25, 0.3) is 0 Å². The third kappa shape index (κ3) is 3.51. The summed E-state index contributed by atoms with van der Waals surface area (Å²) in [5.74, 6) is 0.234. The Morgan fingerprint density at radius 2 is 2.10 bits per heavy atom. The summed E-state index contributed by atoms with van der Waals surface area (Å²) in [5.41, 5.74) is -0.420. The first-order valence-electron chi connectivity index (χ1n) is 7.92. The van der Waals surface area contributed by atoms with Crippen LogP contribution in [0.4, 0.5) is 0 Å². The summed E-state index contributed by atoms with van der Waals surface area (Å²) in [6, 6.07) is 0. The lowest BCUT2D eigenvalue weighted by Crippen LogP contribution is -2.61. The molecule has 0 aromatic heterocycles. The van der Waals surface area contributed by atoms with E-state index in [2.05, 4.69) is 31.0 Å². The highest BCUT2D eigenvalue weighted by molar-refractivity contribution is 5.85. The minimum Gasteiger partial charge on any atom is -0.376 e. The molecule has 2 aliphatic rings. The predicted octanol–water partition coefficient (Wildman–Crippen LogP) is 0.698. The molecule has 0 aliphatic carbocycles. The van der Waals surface area contributed by atoms with Gasteiger partial charge >= 0.3 is 0 Å². The molecule has 5 heteroatoms. The van der Waals surface area contributed by atoms with E-state index in [4.69, 9.17) is 4.74 Å². The lowest BCUT2D eigenvalue weighted by Gasteiger charge is -2.42. The molecule has 2 aliphatic heterocycles. The van der Waals surface area contributed by atoms with Crippen molar-refractivity contribution in [3.63, 3.8) is 0 Å². The van der Waals surface area contributed by atoms with Gasteiger partial charge in [-0.15, -0.1) is 0 Å². The fourth-order valence-corrected chi connectivity index (χ4v) is 3.14. The molecular weight excluding hydrogens is 254 g/mol. The number of hydrogen-bond donors (Lipinski definition) is 1. The molecule has 1 atom stereocenters. The van der Waals surface area contributed by atoms with Gasteiger partial charge in [-0.25, -0.2) is 0 Å². The van der Waals surface area contributed by atoms with Gasteiger partial charge in [-0.2, -0.15) is 0 Å². The zero-order chi connectivity index (χ0) is 14.6. The Morgan fingerprint density at radius 3 is 2.65 bits per heavy atom. The maximum Gasteiger partial charge on any atom is 0.242 e. The second kappa shape index (κ2) is 6.87. The average Bonchev–Trinajstić information content (AvgIpc) is 2.98. The molecule has 0 bridgehead atoms. The van der Waals surface area contributed by atoms with Crippen LogP contribution in [0, 0.1) is 0 Å². The maximum absolute atomic E-state index is 12.9. The van der Waals surface area contributed by atoms with E-state index in [-0.39, 0.29) is 12.0 Å². The van der Waals surface area contributed by atoms with Gasteiger partial charge in [0.2, 0.25) is 5.91 Å². The minimum atomic E-state index is -0.420. The van der Waals surface area contributed by atoms with Gasteiger partial charge in [0, 0.05) is 45.9 Å². The predicted molar refractivity (Wildman–Crippen MR) is 79.7 cm³/mol. The Bertz CT molecular complexity index is 321. The molecule has 0 saturated carbocycles. The number of nitrogens with one attached hydrogen (secondary N) is 1. The summed E-state index contributed by atoms with van der Waals surface area (Å²) in [4.78, 5) is 17.2. The molecule has 5 nitrogen and oxygen atoms in total. The third-order valence-corrected chi connectivity index (χ3v) is 4.55. The van der Waals surface area contributed by atoms with Crippen LogP contribution >= 0.6 is 0 Å². The van der Waals surface area contributed by atoms with Crippen LogP contribution in [0.15, 0.2) is 0 Å². The highest BCUT2D eigenvalue weighted by Gasteiger charge is 2.38. The van der Waals surface area contributed by atoms with Crippen molar-refractivity contribution >= 4 is 5.91 Å². The molecule has 0 radical (unpaired) electrons. The molecule has 0 aromatic carbocycles. The first kappa shape index (κ1) is 15.7. The summed E-state index contributed by atoms with van der Waals surface area (Å²) in [7, 11) is 0. The Morgan fingerprint density at radius 1 is 1.40 bits per heavy atom. The average molecular weight is 283 g/mol. The summed E-state index contributed by atoms with van der Waals surface area (Å²) in [6.45, 7) is 12.3. The zero-order valence-corrected chi connectivity index (χ0v) is 13.2. The first-order valence-corrected chi connectivity index (χ1v) is 7.92. The van der Waals surface area contributed by atoms with Crippen molar-refractivity contribution in [2.24, 2.45) is 0 Å². The SMILES string of the molecule is CCN(CC1CCCO1)C(=O)C(C)(C)N1CCNCC1. The van der Waals surface area contributed by atoms with E-state index >= 15 is 0 Å². The van der Waals surface area contributed by atoms with Gasteiger partial charge in [-0.05, 0) is 33.6 Å². The third-order valence-electron chi connectivity index (χ3n) is 4.55. The number of carbonyl (C=O) groups excluding carboxylic acids is 1. The molecular formula is C15H29N3O2. The Hall–Kier alpha value is -0.650. The second-order valence-corrected chi connectivity index (χ2v) is 6.27. The van der Waals surface area contributed by atoms with Crippen LogP contribution in [0.25, 0.3) is 0 Å². The van der Waals surface area contributed by atoms with Crippen LogP contribution in [0.3, 0.4) is 0 Å². The molecule has 1 amide bonds. The molecule has 0 aromatic rings. The molecule has 2 saturated heterocycles. The van der Waals surface area contributed by atoms with Crippen molar-refractivity contribution in [1.29, 1.82) is 0 Å². The lowest BCUT2D eigenvalue weighted by molar-refractivity contribution is -0.144. The van der Waals surface area contributed by atoms with Crippen LogP contribution in [0.5, 0.6) is 0 Å². The summed E-state index contributed by atoms with van der Waals surface area (Å²) < 4.78 is 5.68. The van der Waals surface area contributed by atoms with E-state index in [0.29, 0.717) is 0 Å². The number of carbonyl (C=O) groups is 1. The Labute approximate surface area is 122 Å². The van der Waals surface area contributed by atoms with Crippen LogP contribution < -0.4 is 5.32 Å². The monoisotopic (exact) mass is 283 g/mol. The zero-order valence-electron chi connectivity index (χ0n) is 13.2. The van der Waals surface area contributed by atoms with Gasteiger partial charge in [0.05, 0.1) is 11.6 Å². The van der Waals surface area contributed by atoms with Crippen LogP contribution in [0.1, 0.15) is 33.6 Å². The maximum atomic E-state index is 12.9. The number of likely N-dealkylation sites (N-methyl/N-ethyl adjacent to an activating group) is 1. The molecule has 1 unspecified atom stereocenters. The highest BCUT2D eigenvalue weighted by Crippen LogP contribution is 2.20. The molecule has 2 heterocycles. The van der Waals surface area contributed by atoms with Crippen LogP contribution in [0.2, 0.25) is 0 Å². The van der Waals surface area contributed by atoms with E-state index in [1.165, 1.54) is 0 Å². The van der Waals surface area contributed by atoms with Crippen molar-refractivity contribution in [3.05, 3.63) is 0 Å². The molecule has 2 fully saturated rings. The normalized spacial score (nSPS) is 24.9. The number of nitrogens with zero attached hydrogens (tertiary/aromatic N) is 2. The number of ether oxygens (including phenoxy) is 1. The van der Waals surface area contributed by atoms with E-state index in [0.717, 1.165) is 58.7 Å². The van der Waals surface area contributed by atoms with Gasteiger partial charge in [0.1, 0.15) is 0 Å². The van der Waals surface area contributed by atoms with Crippen LogP contribution in [-0.2, 0) is 9.53 Å². The standard InChI is InChI=1S/C15H29N3O2/c1-4-17(12-13-6-5-11-20-13)14(19)15(2,3)18-9-7-16-8-10-18/h13,16H,4-12H2,1-3H3. The fraction of sp³-hybridized carbons (Fsp3) is 0.933. The number of rotatable bonds is 5. The van der Waals surface area contributed by atoms with Crippen molar-refractivity contribution in [1.82, 2.24) is 15.1 Å². The molecule has 20 heavy (non-hydrogen) atoms. The smallest absolute Gasteiger partial charge is 0.242 e. The Kier molecular flexibility index (Phi) is 5.41.